The van der Waals surface area contributed by atoms with Crippen molar-refractivity contribution in [2.45, 2.75) is 26.3 Å². The van der Waals surface area contributed by atoms with Crippen molar-refractivity contribution in [3.8, 4) is 0 Å². The van der Waals surface area contributed by atoms with Crippen LogP contribution in [0.2, 0.25) is 5.28 Å². The maximum atomic E-state index is 6.11. The first-order valence-electron chi connectivity index (χ1n) is 5.04. The Morgan fingerprint density at radius 2 is 2.27 bits per heavy atom. The Bertz CT molecular complexity index is 479. The summed E-state index contributed by atoms with van der Waals surface area (Å²) in [7, 11) is 0. The van der Waals surface area contributed by atoms with Gasteiger partial charge in [-0.2, -0.15) is 0 Å². The van der Waals surface area contributed by atoms with Gasteiger partial charge in [-0.1, -0.05) is 19.4 Å². The predicted molar refractivity (Wildman–Crippen MR) is 67.4 cm³/mol. The Morgan fingerprint density at radius 3 is 3.00 bits per heavy atom. The normalized spacial score (nSPS) is 11.1. The second-order valence-corrected chi connectivity index (χ2v) is 4.69. The Hall–Kier alpha value is -0.540. The summed E-state index contributed by atoms with van der Waals surface area (Å²) in [5.41, 5.74) is 2.04. The van der Waals surface area contributed by atoms with Crippen molar-refractivity contribution in [3.05, 3.63) is 28.0 Å². The number of benzene rings is 1. The molecule has 0 unspecified atom stereocenters. The fourth-order valence-electron chi connectivity index (χ4n) is 1.61. The largest absolute Gasteiger partial charge is 0.315 e. The van der Waals surface area contributed by atoms with Crippen LogP contribution in [0.1, 0.15) is 19.8 Å². The second-order valence-electron chi connectivity index (χ2n) is 3.49. The van der Waals surface area contributed by atoms with E-state index in [9.17, 15) is 0 Å². The lowest BCUT2D eigenvalue weighted by atomic mass is 10.3. The lowest BCUT2D eigenvalue weighted by molar-refractivity contribution is 0.646. The summed E-state index contributed by atoms with van der Waals surface area (Å²) in [5.74, 6) is 0. The molecule has 80 valence electrons. The summed E-state index contributed by atoms with van der Waals surface area (Å²) in [6.07, 6.45) is 2.28. The van der Waals surface area contributed by atoms with Gasteiger partial charge >= 0.3 is 0 Å². The van der Waals surface area contributed by atoms with Crippen molar-refractivity contribution in [1.29, 1.82) is 0 Å². The summed E-state index contributed by atoms with van der Waals surface area (Å²) in [6, 6.07) is 6.04. The number of fused-ring (bicyclic) bond motifs is 1. The molecular formula is C11H12BrClN2. The number of aryl methyl sites for hydroxylation is 1. The highest BCUT2D eigenvalue weighted by Gasteiger charge is 2.09. The van der Waals surface area contributed by atoms with Crippen molar-refractivity contribution in [2.75, 3.05) is 0 Å². The monoisotopic (exact) mass is 286 g/mol. The summed E-state index contributed by atoms with van der Waals surface area (Å²) < 4.78 is 3.06. The molecule has 1 heterocycles. The van der Waals surface area contributed by atoms with Gasteiger partial charge in [-0.15, -0.1) is 0 Å². The molecule has 4 heteroatoms. The van der Waals surface area contributed by atoms with Gasteiger partial charge in [-0.25, -0.2) is 4.98 Å². The molecule has 15 heavy (non-hydrogen) atoms. The highest BCUT2D eigenvalue weighted by atomic mass is 79.9. The molecule has 0 bridgehead atoms. The molecule has 1 aromatic heterocycles. The number of para-hydroxylation sites is 1. The summed E-state index contributed by atoms with van der Waals surface area (Å²) >= 11 is 9.58. The van der Waals surface area contributed by atoms with E-state index in [1.54, 1.807) is 0 Å². The Kier molecular flexibility index (Phi) is 3.32. The van der Waals surface area contributed by atoms with Gasteiger partial charge in [0.25, 0.3) is 0 Å². The molecular weight excluding hydrogens is 275 g/mol. The van der Waals surface area contributed by atoms with Gasteiger partial charge in [0.05, 0.1) is 5.52 Å². The summed E-state index contributed by atoms with van der Waals surface area (Å²) in [4.78, 5) is 4.35. The zero-order chi connectivity index (χ0) is 10.8. The van der Waals surface area contributed by atoms with Gasteiger partial charge < -0.3 is 4.57 Å². The molecule has 1 aromatic carbocycles. The van der Waals surface area contributed by atoms with E-state index in [4.69, 9.17) is 11.6 Å². The van der Waals surface area contributed by atoms with Crippen molar-refractivity contribution in [1.82, 2.24) is 9.55 Å². The van der Waals surface area contributed by atoms with E-state index >= 15 is 0 Å². The molecule has 0 amide bonds. The van der Waals surface area contributed by atoms with Crippen LogP contribution in [-0.4, -0.2) is 9.55 Å². The van der Waals surface area contributed by atoms with Crippen molar-refractivity contribution in [2.24, 2.45) is 0 Å². The van der Waals surface area contributed by atoms with Gasteiger partial charge in [-0.05, 0) is 46.1 Å². The minimum absolute atomic E-state index is 0.574. The van der Waals surface area contributed by atoms with Gasteiger partial charge in [0.2, 0.25) is 5.28 Å². The average molecular weight is 288 g/mol. The topological polar surface area (TPSA) is 17.8 Å². The first-order chi connectivity index (χ1) is 7.24. The number of unbranched alkanes of at least 4 members (excludes halogenated alkanes) is 1. The Morgan fingerprint density at radius 1 is 1.47 bits per heavy atom. The number of rotatable bonds is 3. The molecule has 0 radical (unpaired) electrons. The minimum Gasteiger partial charge on any atom is -0.315 e. The van der Waals surface area contributed by atoms with Gasteiger partial charge in [0.1, 0.15) is 5.52 Å². The lowest BCUT2D eigenvalue weighted by Crippen LogP contribution is -1.97. The molecule has 0 spiro atoms. The van der Waals surface area contributed by atoms with Crippen LogP contribution in [0.5, 0.6) is 0 Å². The third-order valence-electron chi connectivity index (χ3n) is 2.42. The van der Waals surface area contributed by atoms with Crippen LogP contribution in [-0.2, 0) is 6.54 Å². The number of aromatic nitrogens is 2. The van der Waals surface area contributed by atoms with Crippen LogP contribution in [0.4, 0.5) is 0 Å². The van der Waals surface area contributed by atoms with Crippen molar-refractivity contribution >= 4 is 38.6 Å². The average Bonchev–Trinajstić information content (AvgIpc) is 2.54. The number of hydrogen-bond donors (Lipinski definition) is 0. The van der Waals surface area contributed by atoms with Crippen LogP contribution in [0, 0.1) is 0 Å². The second kappa shape index (κ2) is 4.54. The van der Waals surface area contributed by atoms with Crippen LogP contribution >= 0.6 is 27.5 Å². The minimum atomic E-state index is 0.574. The Labute approximate surface area is 102 Å². The SMILES string of the molecule is CCCCn1c(Cl)nc2c(Br)cccc21. The molecule has 0 saturated carbocycles. The summed E-state index contributed by atoms with van der Waals surface area (Å²) in [5, 5.41) is 0.574. The zero-order valence-electron chi connectivity index (χ0n) is 8.50. The van der Waals surface area contributed by atoms with Gasteiger partial charge in [0.15, 0.2) is 0 Å². The first kappa shape index (κ1) is 11.0. The molecule has 0 atom stereocenters. The highest BCUT2D eigenvalue weighted by Crippen LogP contribution is 2.26. The van der Waals surface area contributed by atoms with Crippen LogP contribution < -0.4 is 0 Å². The van der Waals surface area contributed by atoms with E-state index in [1.165, 1.54) is 0 Å². The van der Waals surface area contributed by atoms with E-state index in [0.717, 1.165) is 34.9 Å². The maximum Gasteiger partial charge on any atom is 0.203 e. The molecule has 0 aliphatic heterocycles. The lowest BCUT2D eigenvalue weighted by Gasteiger charge is -2.03. The van der Waals surface area contributed by atoms with Crippen LogP contribution in [0.3, 0.4) is 0 Å². The molecule has 0 N–H and O–H groups in total. The molecule has 0 aliphatic carbocycles. The molecule has 0 fully saturated rings. The quantitative estimate of drug-likeness (QED) is 0.825. The fourth-order valence-corrected chi connectivity index (χ4v) is 2.32. The molecule has 2 nitrogen and oxygen atoms in total. The highest BCUT2D eigenvalue weighted by molar-refractivity contribution is 9.10. The zero-order valence-corrected chi connectivity index (χ0v) is 10.8. The number of hydrogen-bond acceptors (Lipinski definition) is 1. The molecule has 2 aromatic rings. The van der Waals surface area contributed by atoms with Gasteiger partial charge in [-0.3, -0.25) is 0 Å². The van der Waals surface area contributed by atoms with E-state index in [2.05, 4.69) is 38.5 Å². The predicted octanol–water partition coefficient (Wildman–Crippen LogP) is 4.25. The Balaban J connectivity index is 2.53. The maximum absolute atomic E-state index is 6.11. The van der Waals surface area contributed by atoms with E-state index in [0.29, 0.717) is 5.28 Å². The van der Waals surface area contributed by atoms with Crippen molar-refractivity contribution in [3.63, 3.8) is 0 Å². The number of imidazole rings is 1. The number of nitrogens with zero attached hydrogens (tertiary/aromatic N) is 2. The van der Waals surface area contributed by atoms with Crippen molar-refractivity contribution < 1.29 is 0 Å². The van der Waals surface area contributed by atoms with Crippen LogP contribution in [0.25, 0.3) is 11.0 Å². The fraction of sp³-hybridized carbons (Fsp3) is 0.364. The third kappa shape index (κ3) is 2.04. The number of halogens is 2. The standard InChI is InChI=1S/C11H12BrClN2/c1-2-3-7-15-9-6-4-5-8(12)10(9)14-11(15)13/h4-6H,2-3,7H2,1H3. The molecule has 0 aliphatic rings. The summed E-state index contributed by atoms with van der Waals surface area (Å²) in [6.45, 7) is 3.10. The third-order valence-corrected chi connectivity index (χ3v) is 3.35. The van der Waals surface area contributed by atoms with Crippen LogP contribution in [0.15, 0.2) is 22.7 Å². The molecule has 2 rings (SSSR count). The van der Waals surface area contributed by atoms with E-state index in [-0.39, 0.29) is 0 Å². The first-order valence-corrected chi connectivity index (χ1v) is 6.21. The van der Waals surface area contributed by atoms with Gasteiger partial charge in [0, 0.05) is 11.0 Å². The van der Waals surface area contributed by atoms with E-state index < -0.39 is 0 Å². The molecule has 0 saturated heterocycles. The smallest absolute Gasteiger partial charge is 0.203 e. The van der Waals surface area contributed by atoms with E-state index in [1.807, 2.05) is 12.1 Å².